The van der Waals surface area contributed by atoms with Gasteiger partial charge in [-0.25, -0.2) is 23.0 Å². The summed E-state index contributed by atoms with van der Waals surface area (Å²) in [5.41, 5.74) is 3.89. The molecule has 2 N–H and O–H groups in total. The van der Waals surface area contributed by atoms with E-state index in [1.807, 2.05) is 0 Å². The van der Waals surface area contributed by atoms with Crippen LogP contribution in [0.3, 0.4) is 0 Å². The number of unbranched alkanes of at least 4 members (excludes halogenated alkanes) is 2. The molecule has 0 unspecified atom stereocenters. The number of carbonyl (C=O) groups excluding carboxylic acids is 1. The van der Waals surface area contributed by atoms with Gasteiger partial charge in [-0.3, -0.25) is 4.79 Å². The van der Waals surface area contributed by atoms with Gasteiger partial charge in [-0.05, 0) is 62.6 Å². The maximum atomic E-state index is 13.9. The van der Waals surface area contributed by atoms with Gasteiger partial charge in [0.15, 0.2) is 11.6 Å². The van der Waals surface area contributed by atoms with Crippen LogP contribution in [-0.4, -0.2) is 32.4 Å². The minimum atomic E-state index is -3.46. The number of halogens is 1. The van der Waals surface area contributed by atoms with Crippen molar-refractivity contribution in [2.75, 3.05) is 12.4 Å². The molecule has 1 aliphatic carbocycles. The number of hydrogen-bond acceptors (Lipinski definition) is 5. The van der Waals surface area contributed by atoms with Gasteiger partial charge in [0.2, 0.25) is 15.9 Å². The largest absolute Gasteiger partial charge is 0.490 e. The van der Waals surface area contributed by atoms with Crippen molar-refractivity contribution >= 4 is 21.6 Å². The van der Waals surface area contributed by atoms with Gasteiger partial charge in [-0.15, -0.1) is 0 Å². The molecule has 0 spiro atoms. The predicted molar refractivity (Wildman–Crippen MR) is 109 cm³/mol. The number of nitrogens with one attached hydrogen (secondary N) is 2. The van der Waals surface area contributed by atoms with Crippen LogP contribution in [0.2, 0.25) is 0 Å². The molecule has 1 amide bonds. The Morgan fingerprint density at radius 1 is 1.31 bits per heavy atom. The highest BCUT2D eigenvalue weighted by Gasteiger charge is 2.23. The van der Waals surface area contributed by atoms with Crippen LogP contribution in [0.4, 0.5) is 4.39 Å². The van der Waals surface area contributed by atoms with E-state index in [9.17, 15) is 17.6 Å². The number of carbonyl (C=O) groups is 1. The number of nitrogens with zero attached hydrogens (tertiary/aromatic N) is 1. The topological polar surface area (TPSA) is 96.9 Å². The second kappa shape index (κ2) is 9.67. The van der Waals surface area contributed by atoms with E-state index in [0.717, 1.165) is 31.4 Å². The molecule has 9 heteroatoms. The molecule has 1 fully saturated rings. The second-order valence-corrected chi connectivity index (χ2v) is 9.68. The number of benzene rings is 1. The number of rotatable bonds is 12. The van der Waals surface area contributed by atoms with E-state index in [-0.39, 0.29) is 17.4 Å². The van der Waals surface area contributed by atoms with E-state index >= 15 is 0 Å². The smallest absolute Gasteiger partial charge is 0.245 e. The third kappa shape index (κ3) is 7.08. The predicted octanol–water partition coefficient (Wildman–Crippen LogP) is 3.03. The van der Waals surface area contributed by atoms with Crippen molar-refractivity contribution in [3.63, 3.8) is 0 Å². The van der Waals surface area contributed by atoms with E-state index in [1.54, 1.807) is 19.1 Å². The summed E-state index contributed by atoms with van der Waals surface area (Å²) < 4.78 is 46.8. The van der Waals surface area contributed by atoms with Crippen molar-refractivity contribution in [1.82, 2.24) is 10.1 Å². The Morgan fingerprint density at radius 3 is 2.79 bits per heavy atom. The van der Waals surface area contributed by atoms with Crippen molar-refractivity contribution in [2.45, 2.75) is 57.9 Å². The number of hydrogen-bond donors (Lipinski definition) is 2. The van der Waals surface area contributed by atoms with Gasteiger partial charge in [0.25, 0.3) is 0 Å². The molecule has 0 aromatic heterocycles. The fourth-order valence-electron chi connectivity index (χ4n) is 3.14. The zero-order valence-corrected chi connectivity index (χ0v) is 17.4. The van der Waals surface area contributed by atoms with Gasteiger partial charge in [-0.1, -0.05) is 12.5 Å². The van der Waals surface area contributed by atoms with E-state index in [1.165, 1.54) is 6.07 Å². The van der Waals surface area contributed by atoms with Crippen LogP contribution in [0.15, 0.2) is 23.3 Å². The summed E-state index contributed by atoms with van der Waals surface area (Å²) in [7, 11) is -3.46. The zero-order valence-electron chi connectivity index (χ0n) is 16.6. The molecule has 1 atom stereocenters. The zero-order chi connectivity index (χ0) is 20.9. The maximum Gasteiger partial charge on any atom is 0.245 e. The van der Waals surface area contributed by atoms with Crippen LogP contribution in [0.1, 0.15) is 63.5 Å². The summed E-state index contributed by atoms with van der Waals surface area (Å²) in [4.78, 5) is 11.1. The Kier molecular flexibility index (Phi) is 7.23. The molecule has 0 radical (unpaired) electrons. The first-order valence-corrected chi connectivity index (χ1v) is 11.7. The first-order valence-electron chi connectivity index (χ1n) is 10.1. The Balaban J connectivity index is 1.42. The summed E-state index contributed by atoms with van der Waals surface area (Å²) in [5.74, 6) is 0.165. The molecule has 1 aromatic rings. The van der Waals surface area contributed by atoms with Crippen molar-refractivity contribution in [2.24, 2.45) is 11.0 Å². The van der Waals surface area contributed by atoms with E-state index < -0.39 is 21.9 Å². The quantitative estimate of drug-likeness (QED) is 0.503. The monoisotopic (exact) mass is 425 g/mol. The Hall–Kier alpha value is -2.00. The van der Waals surface area contributed by atoms with Crippen LogP contribution in [0.5, 0.6) is 5.75 Å². The number of sulfonamides is 1. The molecule has 2 aliphatic rings. The van der Waals surface area contributed by atoms with E-state index in [2.05, 4.69) is 15.2 Å². The normalized spacial score (nSPS) is 17.7. The van der Waals surface area contributed by atoms with Gasteiger partial charge in [0, 0.05) is 11.8 Å². The number of ether oxygens (including phenoxy) is 1. The van der Waals surface area contributed by atoms with Gasteiger partial charge in [-0.2, -0.15) is 5.10 Å². The fourth-order valence-corrected chi connectivity index (χ4v) is 4.51. The highest BCUT2D eigenvalue weighted by molar-refractivity contribution is 7.89. The third-order valence-electron chi connectivity index (χ3n) is 5.06. The lowest BCUT2D eigenvalue weighted by atomic mass is 10.1. The summed E-state index contributed by atoms with van der Waals surface area (Å²) in [6.45, 7) is 2.23. The summed E-state index contributed by atoms with van der Waals surface area (Å²) in [6.07, 6.45) is 5.30. The molecular weight excluding hydrogens is 397 g/mol. The lowest BCUT2D eigenvalue weighted by Gasteiger charge is -2.16. The average molecular weight is 426 g/mol. The standard InChI is InChI=1S/C20H28FN3O4S/c1-14(16-8-9-18(21)19(11-16)28-13-15-6-7-15)24-29(26,27)10-4-2-3-5-17-12-20(25)23-22-17/h8-9,11,14-15,24H,2-7,10,12-13H2,1H3,(H,23,25)/t14-/m1/s1. The van der Waals surface area contributed by atoms with E-state index in [0.29, 0.717) is 37.4 Å². The summed E-state index contributed by atoms with van der Waals surface area (Å²) >= 11 is 0. The molecule has 0 bridgehead atoms. The van der Waals surface area contributed by atoms with E-state index in [4.69, 9.17) is 4.74 Å². The van der Waals surface area contributed by atoms with Crippen molar-refractivity contribution in [1.29, 1.82) is 0 Å². The van der Waals surface area contributed by atoms with Gasteiger partial charge < -0.3 is 4.74 Å². The Morgan fingerprint density at radius 2 is 2.10 bits per heavy atom. The molecule has 1 aliphatic heterocycles. The highest BCUT2D eigenvalue weighted by atomic mass is 32.2. The molecule has 3 rings (SSSR count). The molecule has 1 heterocycles. The van der Waals surface area contributed by atoms with Gasteiger partial charge in [0.1, 0.15) is 0 Å². The number of amides is 1. The SMILES string of the molecule is C[C@@H](NS(=O)(=O)CCCCCC1=NNC(=O)C1)c1ccc(F)c(OCC2CC2)c1. The number of hydrazone groups is 1. The van der Waals surface area contributed by atoms with Crippen LogP contribution < -0.4 is 14.9 Å². The second-order valence-electron chi connectivity index (χ2n) is 7.80. The maximum absolute atomic E-state index is 13.9. The Labute approximate surface area is 171 Å². The fraction of sp³-hybridized carbons (Fsp3) is 0.600. The van der Waals surface area contributed by atoms with Crippen LogP contribution in [0.25, 0.3) is 0 Å². The van der Waals surface area contributed by atoms with Crippen LogP contribution in [0, 0.1) is 11.7 Å². The molecule has 7 nitrogen and oxygen atoms in total. The van der Waals surface area contributed by atoms with Gasteiger partial charge >= 0.3 is 0 Å². The third-order valence-corrected chi connectivity index (χ3v) is 6.60. The first-order chi connectivity index (χ1) is 13.8. The Bertz CT molecular complexity index is 868. The minimum Gasteiger partial charge on any atom is -0.490 e. The highest BCUT2D eigenvalue weighted by Crippen LogP contribution is 2.31. The molecule has 29 heavy (non-hydrogen) atoms. The lowest BCUT2D eigenvalue weighted by Crippen LogP contribution is -2.29. The van der Waals surface area contributed by atoms with Crippen molar-refractivity contribution in [3.05, 3.63) is 29.6 Å². The lowest BCUT2D eigenvalue weighted by molar-refractivity contribution is -0.119. The first kappa shape index (κ1) is 21.7. The van der Waals surface area contributed by atoms with Crippen LogP contribution >= 0.6 is 0 Å². The molecule has 1 aromatic carbocycles. The summed E-state index contributed by atoms with van der Waals surface area (Å²) in [5, 5.41) is 3.93. The minimum absolute atomic E-state index is 0.0211. The molecular formula is C20H28FN3O4S. The summed E-state index contributed by atoms with van der Waals surface area (Å²) in [6, 6.07) is 3.98. The molecule has 1 saturated carbocycles. The molecule has 160 valence electrons. The van der Waals surface area contributed by atoms with Crippen molar-refractivity contribution < 1.29 is 22.3 Å². The van der Waals surface area contributed by atoms with Crippen molar-refractivity contribution in [3.8, 4) is 5.75 Å². The van der Waals surface area contributed by atoms with Gasteiger partial charge in [0.05, 0.1) is 18.8 Å². The average Bonchev–Trinajstić information content (AvgIpc) is 3.40. The molecule has 0 saturated heterocycles. The van der Waals surface area contributed by atoms with Crippen LogP contribution in [-0.2, 0) is 14.8 Å².